The quantitative estimate of drug-likeness (QED) is 0.721. The maximum Gasteiger partial charge on any atom is 0.270 e. The Morgan fingerprint density at radius 2 is 2.20 bits per heavy atom. The minimum Gasteiger partial charge on any atom is -0.351 e. The van der Waals surface area contributed by atoms with Crippen LogP contribution in [0.1, 0.15) is 21.9 Å². The Morgan fingerprint density at radius 1 is 1.45 bits per heavy atom. The van der Waals surface area contributed by atoms with Crippen molar-refractivity contribution in [3.8, 4) is 0 Å². The molecular formula is C13H23N5OS. The highest BCUT2D eigenvalue weighted by molar-refractivity contribution is 7.09. The van der Waals surface area contributed by atoms with Gasteiger partial charge in [0.15, 0.2) is 0 Å². The number of thiazole rings is 1. The van der Waals surface area contributed by atoms with Crippen molar-refractivity contribution in [1.29, 1.82) is 0 Å². The van der Waals surface area contributed by atoms with Gasteiger partial charge < -0.3 is 20.9 Å². The molecule has 1 amide bonds. The van der Waals surface area contributed by atoms with Crippen LogP contribution in [-0.4, -0.2) is 67.0 Å². The van der Waals surface area contributed by atoms with Crippen molar-refractivity contribution in [2.75, 3.05) is 46.3 Å². The molecule has 112 valence electrons. The van der Waals surface area contributed by atoms with E-state index in [1.807, 2.05) is 0 Å². The molecule has 6 nitrogen and oxygen atoms in total. The van der Waals surface area contributed by atoms with Gasteiger partial charge >= 0.3 is 0 Å². The van der Waals surface area contributed by atoms with Gasteiger partial charge in [0.25, 0.3) is 5.91 Å². The highest BCUT2D eigenvalue weighted by atomic mass is 32.1. The van der Waals surface area contributed by atoms with Crippen LogP contribution in [0.15, 0.2) is 5.38 Å². The summed E-state index contributed by atoms with van der Waals surface area (Å²) in [7, 11) is 2.15. The largest absolute Gasteiger partial charge is 0.351 e. The van der Waals surface area contributed by atoms with Crippen molar-refractivity contribution in [1.82, 2.24) is 20.1 Å². The summed E-state index contributed by atoms with van der Waals surface area (Å²) in [4.78, 5) is 20.8. The number of amides is 1. The first-order valence-electron chi connectivity index (χ1n) is 7.02. The molecular weight excluding hydrogens is 274 g/mol. The number of carbonyl (C=O) groups excluding carboxylic acids is 1. The van der Waals surface area contributed by atoms with Gasteiger partial charge in [-0.25, -0.2) is 4.98 Å². The van der Waals surface area contributed by atoms with Crippen LogP contribution < -0.4 is 11.1 Å². The Kier molecular flexibility index (Phi) is 5.90. The van der Waals surface area contributed by atoms with E-state index in [2.05, 4.69) is 27.1 Å². The van der Waals surface area contributed by atoms with E-state index in [4.69, 9.17) is 5.73 Å². The lowest BCUT2D eigenvalue weighted by Crippen LogP contribution is -2.45. The summed E-state index contributed by atoms with van der Waals surface area (Å²) in [5, 5.41) is 5.47. The van der Waals surface area contributed by atoms with E-state index in [0.29, 0.717) is 18.8 Å². The molecule has 1 aromatic rings. The molecule has 7 heteroatoms. The zero-order valence-corrected chi connectivity index (χ0v) is 12.8. The summed E-state index contributed by atoms with van der Waals surface area (Å²) in [5.74, 6) is -0.0978. The topological polar surface area (TPSA) is 74.5 Å². The second kappa shape index (κ2) is 7.68. The Hall–Kier alpha value is -1.02. The van der Waals surface area contributed by atoms with E-state index in [1.54, 1.807) is 5.38 Å². The highest BCUT2D eigenvalue weighted by Crippen LogP contribution is 2.08. The molecule has 0 spiro atoms. The second-order valence-corrected chi connectivity index (χ2v) is 6.03. The van der Waals surface area contributed by atoms with Crippen molar-refractivity contribution in [3.05, 3.63) is 16.1 Å². The molecule has 2 heterocycles. The molecule has 3 N–H and O–H groups in total. The molecule has 1 aliphatic rings. The molecule has 0 saturated carbocycles. The summed E-state index contributed by atoms with van der Waals surface area (Å²) in [6.07, 6.45) is 0.976. The maximum absolute atomic E-state index is 11.8. The summed E-state index contributed by atoms with van der Waals surface area (Å²) >= 11 is 1.43. The number of piperazine rings is 1. The molecule has 1 aliphatic heterocycles. The average molecular weight is 297 g/mol. The number of nitrogens with zero attached hydrogens (tertiary/aromatic N) is 3. The lowest BCUT2D eigenvalue weighted by atomic mass is 10.3. The molecule has 0 aromatic carbocycles. The molecule has 0 unspecified atom stereocenters. The third-order valence-electron chi connectivity index (χ3n) is 3.49. The van der Waals surface area contributed by atoms with Crippen molar-refractivity contribution in [2.45, 2.75) is 13.0 Å². The number of nitrogens with two attached hydrogens (primary N) is 1. The number of aromatic nitrogens is 1. The van der Waals surface area contributed by atoms with Gasteiger partial charge in [-0.1, -0.05) is 0 Å². The average Bonchev–Trinajstić information content (AvgIpc) is 2.94. The van der Waals surface area contributed by atoms with E-state index in [1.165, 1.54) is 11.3 Å². The Bertz CT molecular complexity index is 428. The van der Waals surface area contributed by atoms with Crippen LogP contribution in [0.3, 0.4) is 0 Å². The summed E-state index contributed by atoms with van der Waals surface area (Å²) in [6.45, 7) is 6.63. The van der Waals surface area contributed by atoms with Gasteiger partial charge in [0.1, 0.15) is 10.7 Å². The summed E-state index contributed by atoms with van der Waals surface area (Å²) < 4.78 is 0. The number of likely N-dealkylation sites (N-methyl/N-ethyl adjacent to an activating group) is 1. The third-order valence-corrected chi connectivity index (χ3v) is 4.36. The number of carbonyl (C=O) groups is 1. The first kappa shape index (κ1) is 15.4. The number of rotatable bonds is 6. The van der Waals surface area contributed by atoms with E-state index in [0.717, 1.165) is 44.2 Å². The molecule has 1 aromatic heterocycles. The number of hydrogen-bond acceptors (Lipinski definition) is 6. The molecule has 2 rings (SSSR count). The molecule has 0 aliphatic carbocycles. The number of hydrogen-bond donors (Lipinski definition) is 2. The smallest absolute Gasteiger partial charge is 0.270 e. The normalized spacial score (nSPS) is 17.3. The molecule has 1 fully saturated rings. The van der Waals surface area contributed by atoms with Crippen LogP contribution in [0.4, 0.5) is 0 Å². The van der Waals surface area contributed by atoms with Gasteiger partial charge in [0.05, 0.1) is 0 Å². The first-order chi connectivity index (χ1) is 9.69. The van der Waals surface area contributed by atoms with Crippen molar-refractivity contribution < 1.29 is 4.79 Å². The second-order valence-electron chi connectivity index (χ2n) is 5.08. The number of nitrogens with one attached hydrogen (secondary N) is 1. The standard InChI is InChI=1S/C13H23N5OS/c1-17-5-7-18(8-6-17)4-2-3-15-13(19)11-10-20-12(9-14)16-11/h10H,2-9,14H2,1H3,(H,15,19). The van der Waals surface area contributed by atoms with Crippen LogP contribution in [0.2, 0.25) is 0 Å². The summed E-state index contributed by atoms with van der Waals surface area (Å²) in [6, 6.07) is 0. The van der Waals surface area contributed by atoms with Gasteiger partial charge in [-0.05, 0) is 20.0 Å². The van der Waals surface area contributed by atoms with Crippen molar-refractivity contribution in [2.24, 2.45) is 5.73 Å². The molecule has 0 atom stereocenters. The molecule has 20 heavy (non-hydrogen) atoms. The zero-order chi connectivity index (χ0) is 14.4. The monoisotopic (exact) mass is 297 g/mol. The van der Waals surface area contributed by atoms with E-state index >= 15 is 0 Å². The van der Waals surface area contributed by atoms with Crippen LogP contribution >= 0.6 is 11.3 Å². The zero-order valence-electron chi connectivity index (χ0n) is 12.0. The van der Waals surface area contributed by atoms with Crippen LogP contribution in [0.5, 0.6) is 0 Å². The summed E-state index contributed by atoms with van der Waals surface area (Å²) in [5.41, 5.74) is 5.97. The highest BCUT2D eigenvalue weighted by Gasteiger charge is 2.13. The van der Waals surface area contributed by atoms with Gasteiger partial charge in [-0.15, -0.1) is 11.3 Å². The lowest BCUT2D eigenvalue weighted by Gasteiger charge is -2.32. The Labute approximate surface area is 124 Å². The lowest BCUT2D eigenvalue weighted by molar-refractivity contribution is 0.0945. The van der Waals surface area contributed by atoms with E-state index < -0.39 is 0 Å². The third kappa shape index (κ3) is 4.52. The predicted molar refractivity (Wildman–Crippen MR) is 80.9 cm³/mol. The fraction of sp³-hybridized carbons (Fsp3) is 0.692. The van der Waals surface area contributed by atoms with E-state index in [9.17, 15) is 4.79 Å². The minimum absolute atomic E-state index is 0.0978. The van der Waals surface area contributed by atoms with Crippen LogP contribution in [0, 0.1) is 0 Å². The first-order valence-corrected chi connectivity index (χ1v) is 7.90. The van der Waals surface area contributed by atoms with Gasteiger partial charge in [0.2, 0.25) is 0 Å². The van der Waals surface area contributed by atoms with Gasteiger partial charge in [0, 0.05) is 44.6 Å². The van der Waals surface area contributed by atoms with Gasteiger partial charge in [-0.3, -0.25) is 4.79 Å². The molecule has 0 radical (unpaired) electrons. The Morgan fingerprint density at radius 3 is 2.85 bits per heavy atom. The van der Waals surface area contributed by atoms with Gasteiger partial charge in [-0.2, -0.15) is 0 Å². The maximum atomic E-state index is 11.8. The Balaban J connectivity index is 1.62. The minimum atomic E-state index is -0.0978. The SMILES string of the molecule is CN1CCN(CCCNC(=O)c2csc(CN)n2)CC1. The fourth-order valence-corrected chi connectivity index (χ4v) is 2.83. The fourth-order valence-electron chi connectivity index (χ4n) is 2.18. The molecule has 1 saturated heterocycles. The van der Waals surface area contributed by atoms with Crippen molar-refractivity contribution in [3.63, 3.8) is 0 Å². The van der Waals surface area contributed by atoms with Crippen LogP contribution in [-0.2, 0) is 6.54 Å². The van der Waals surface area contributed by atoms with Crippen LogP contribution in [0.25, 0.3) is 0 Å². The molecule has 0 bridgehead atoms. The van der Waals surface area contributed by atoms with E-state index in [-0.39, 0.29) is 5.91 Å². The van der Waals surface area contributed by atoms with Crippen molar-refractivity contribution >= 4 is 17.2 Å². The predicted octanol–water partition coefficient (Wildman–Crippen LogP) is -0.0309.